The van der Waals surface area contributed by atoms with Crippen LogP contribution in [0.15, 0.2) is 24.3 Å². The average molecular weight is 219 g/mol. The van der Waals surface area contributed by atoms with Gasteiger partial charge in [-0.2, -0.15) is 0 Å². The van der Waals surface area contributed by atoms with Crippen molar-refractivity contribution < 1.29 is 0 Å². The van der Waals surface area contributed by atoms with Crippen LogP contribution in [-0.2, 0) is 0 Å². The summed E-state index contributed by atoms with van der Waals surface area (Å²) in [5.74, 6) is 0.688. The molecular formula is C15H25N. The van der Waals surface area contributed by atoms with Gasteiger partial charge in [0.1, 0.15) is 0 Å². The van der Waals surface area contributed by atoms with Crippen LogP contribution in [0.4, 0.5) is 0 Å². The molecule has 0 aliphatic heterocycles. The highest BCUT2D eigenvalue weighted by Crippen LogP contribution is 2.24. The minimum atomic E-state index is 0.504. The third-order valence-corrected chi connectivity index (χ3v) is 3.23. The Labute approximate surface area is 100 Å². The molecule has 1 aromatic carbocycles. The molecule has 2 unspecified atom stereocenters. The summed E-state index contributed by atoms with van der Waals surface area (Å²) in [6, 6.07) is 9.38. The number of hydrogen-bond acceptors (Lipinski definition) is 1. The van der Waals surface area contributed by atoms with E-state index in [0.717, 1.165) is 6.54 Å². The number of hydrogen-bond donors (Lipinski definition) is 1. The summed E-state index contributed by atoms with van der Waals surface area (Å²) in [4.78, 5) is 0. The summed E-state index contributed by atoms with van der Waals surface area (Å²) in [6.07, 6.45) is 2.41. The molecule has 0 saturated carbocycles. The van der Waals surface area contributed by atoms with E-state index in [-0.39, 0.29) is 0 Å². The highest BCUT2D eigenvalue weighted by atomic mass is 14.9. The predicted octanol–water partition coefficient (Wildman–Crippen LogP) is 4.08. The summed E-state index contributed by atoms with van der Waals surface area (Å²) < 4.78 is 0. The quantitative estimate of drug-likeness (QED) is 0.760. The Morgan fingerprint density at radius 2 is 2.00 bits per heavy atom. The molecule has 0 amide bonds. The molecule has 1 N–H and O–H groups in total. The van der Waals surface area contributed by atoms with Crippen molar-refractivity contribution in [3.05, 3.63) is 35.4 Å². The van der Waals surface area contributed by atoms with Gasteiger partial charge in [-0.25, -0.2) is 0 Å². The molecule has 2 atom stereocenters. The minimum Gasteiger partial charge on any atom is -0.310 e. The van der Waals surface area contributed by atoms with Crippen LogP contribution in [0.5, 0.6) is 0 Å². The Morgan fingerprint density at radius 1 is 1.25 bits per heavy atom. The molecule has 0 aromatic heterocycles. The van der Waals surface area contributed by atoms with E-state index in [2.05, 4.69) is 57.3 Å². The monoisotopic (exact) mass is 219 g/mol. The highest BCUT2D eigenvalue weighted by Gasteiger charge is 2.16. The van der Waals surface area contributed by atoms with Crippen molar-refractivity contribution in [3.8, 4) is 0 Å². The summed E-state index contributed by atoms with van der Waals surface area (Å²) >= 11 is 0. The van der Waals surface area contributed by atoms with Gasteiger partial charge < -0.3 is 5.32 Å². The van der Waals surface area contributed by atoms with E-state index in [1.807, 2.05) is 0 Å². The standard InChI is InChI=1S/C15H25N/c1-5-10-16-15(13(4)6-2)14-9-7-8-12(3)11-14/h7-9,11,13,15-16H,5-6,10H2,1-4H3. The van der Waals surface area contributed by atoms with Gasteiger partial charge in [0, 0.05) is 6.04 Å². The lowest BCUT2D eigenvalue weighted by Gasteiger charge is -2.25. The lowest BCUT2D eigenvalue weighted by Crippen LogP contribution is -2.27. The molecule has 0 spiro atoms. The molecule has 16 heavy (non-hydrogen) atoms. The first-order valence-electron chi connectivity index (χ1n) is 6.49. The van der Waals surface area contributed by atoms with Crippen molar-refractivity contribution in [1.29, 1.82) is 0 Å². The second-order valence-corrected chi connectivity index (χ2v) is 4.73. The van der Waals surface area contributed by atoms with Crippen molar-refractivity contribution in [2.75, 3.05) is 6.54 Å². The van der Waals surface area contributed by atoms with Crippen LogP contribution in [0.1, 0.15) is 50.8 Å². The number of aryl methyl sites for hydroxylation is 1. The summed E-state index contributed by atoms with van der Waals surface area (Å²) in [5.41, 5.74) is 2.78. The van der Waals surface area contributed by atoms with Crippen LogP contribution in [0.3, 0.4) is 0 Å². The summed E-state index contributed by atoms with van der Waals surface area (Å²) in [5, 5.41) is 3.66. The molecule has 0 aliphatic carbocycles. The fraction of sp³-hybridized carbons (Fsp3) is 0.600. The molecule has 1 aromatic rings. The van der Waals surface area contributed by atoms with Gasteiger partial charge in [-0.1, -0.05) is 57.0 Å². The highest BCUT2D eigenvalue weighted by molar-refractivity contribution is 5.25. The summed E-state index contributed by atoms with van der Waals surface area (Å²) in [6.45, 7) is 10.1. The van der Waals surface area contributed by atoms with Gasteiger partial charge in [-0.15, -0.1) is 0 Å². The minimum absolute atomic E-state index is 0.504. The Hall–Kier alpha value is -0.820. The first kappa shape index (κ1) is 13.2. The molecule has 90 valence electrons. The Bertz CT molecular complexity index is 306. The van der Waals surface area contributed by atoms with Crippen LogP contribution >= 0.6 is 0 Å². The maximum Gasteiger partial charge on any atom is 0.0346 e. The molecular weight excluding hydrogens is 194 g/mol. The normalized spacial score (nSPS) is 14.8. The zero-order valence-corrected chi connectivity index (χ0v) is 11.1. The fourth-order valence-corrected chi connectivity index (χ4v) is 2.05. The average Bonchev–Trinajstić information content (AvgIpc) is 2.29. The van der Waals surface area contributed by atoms with Crippen LogP contribution in [0, 0.1) is 12.8 Å². The maximum atomic E-state index is 3.66. The molecule has 0 fully saturated rings. The van der Waals surface area contributed by atoms with Crippen molar-refractivity contribution in [3.63, 3.8) is 0 Å². The SMILES string of the molecule is CCCNC(c1cccc(C)c1)C(C)CC. The second-order valence-electron chi connectivity index (χ2n) is 4.73. The zero-order valence-electron chi connectivity index (χ0n) is 11.1. The topological polar surface area (TPSA) is 12.0 Å². The van der Waals surface area contributed by atoms with E-state index in [4.69, 9.17) is 0 Å². The van der Waals surface area contributed by atoms with E-state index in [9.17, 15) is 0 Å². The van der Waals surface area contributed by atoms with Crippen molar-refractivity contribution in [2.24, 2.45) is 5.92 Å². The van der Waals surface area contributed by atoms with Crippen LogP contribution in [-0.4, -0.2) is 6.54 Å². The van der Waals surface area contributed by atoms with E-state index in [0.29, 0.717) is 12.0 Å². The molecule has 1 nitrogen and oxygen atoms in total. The van der Waals surface area contributed by atoms with E-state index in [1.165, 1.54) is 24.0 Å². The molecule has 1 rings (SSSR count). The van der Waals surface area contributed by atoms with Crippen LogP contribution < -0.4 is 5.32 Å². The smallest absolute Gasteiger partial charge is 0.0346 e. The lowest BCUT2D eigenvalue weighted by molar-refractivity contribution is 0.377. The van der Waals surface area contributed by atoms with Crippen molar-refractivity contribution in [2.45, 2.75) is 46.6 Å². The van der Waals surface area contributed by atoms with E-state index >= 15 is 0 Å². The molecule has 0 saturated heterocycles. The Morgan fingerprint density at radius 3 is 2.56 bits per heavy atom. The van der Waals surface area contributed by atoms with Gasteiger partial charge in [0.25, 0.3) is 0 Å². The maximum absolute atomic E-state index is 3.66. The summed E-state index contributed by atoms with van der Waals surface area (Å²) in [7, 11) is 0. The molecule has 0 aliphatic rings. The van der Waals surface area contributed by atoms with Gasteiger partial charge >= 0.3 is 0 Å². The second kappa shape index (κ2) is 6.70. The third-order valence-electron chi connectivity index (χ3n) is 3.23. The lowest BCUT2D eigenvalue weighted by atomic mass is 9.91. The van der Waals surface area contributed by atoms with Gasteiger partial charge in [0.2, 0.25) is 0 Å². The Kier molecular flexibility index (Phi) is 5.54. The number of benzene rings is 1. The predicted molar refractivity (Wildman–Crippen MR) is 71.7 cm³/mol. The van der Waals surface area contributed by atoms with E-state index in [1.54, 1.807) is 0 Å². The first-order valence-corrected chi connectivity index (χ1v) is 6.49. The number of rotatable bonds is 6. The van der Waals surface area contributed by atoms with Crippen LogP contribution in [0.25, 0.3) is 0 Å². The van der Waals surface area contributed by atoms with Gasteiger partial charge in [-0.05, 0) is 31.4 Å². The van der Waals surface area contributed by atoms with Gasteiger partial charge in [-0.3, -0.25) is 0 Å². The van der Waals surface area contributed by atoms with E-state index < -0.39 is 0 Å². The first-order chi connectivity index (χ1) is 7.69. The van der Waals surface area contributed by atoms with Crippen molar-refractivity contribution in [1.82, 2.24) is 5.32 Å². The van der Waals surface area contributed by atoms with Crippen LogP contribution in [0.2, 0.25) is 0 Å². The zero-order chi connectivity index (χ0) is 12.0. The van der Waals surface area contributed by atoms with Gasteiger partial charge in [0.05, 0.1) is 0 Å². The number of nitrogens with one attached hydrogen (secondary N) is 1. The van der Waals surface area contributed by atoms with Crippen molar-refractivity contribution >= 4 is 0 Å². The molecule has 0 bridgehead atoms. The molecule has 1 heteroatoms. The molecule has 0 heterocycles. The van der Waals surface area contributed by atoms with Gasteiger partial charge in [0.15, 0.2) is 0 Å². The fourth-order valence-electron chi connectivity index (χ4n) is 2.05. The Balaban J connectivity index is 2.82. The largest absolute Gasteiger partial charge is 0.310 e. The third kappa shape index (κ3) is 3.64. The molecule has 0 radical (unpaired) electrons.